The van der Waals surface area contributed by atoms with E-state index in [4.69, 9.17) is 16.7 Å². The third-order valence-corrected chi connectivity index (χ3v) is 3.71. The van der Waals surface area contributed by atoms with Crippen LogP contribution in [0, 0.1) is 12.8 Å². The molecule has 0 radical (unpaired) electrons. The zero-order valence-electron chi connectivity index (χ0n) is 11.2. The van der Waals surface area contributed by atoms with Crippen molar-refractivity contribution in [1.29, 1.82) is 0 Å². The van der Waals surface area contributed by atoms with Crippen molar-refractivity contribution >= 4 is 29.1 Å². The number of carbonyl (C=O) groups is 2. The minimum Gasteiger partial charge on any atom is -0.396 e. The number of carbonyl (C=O) groups excluding carboxylic acids is 2. The number of benzene rings is 1. The number of nitrogens with zero attached hydrogens (tertiary/aromatic N) is 1. The third kappa shape index (κ3) is 3.29. The minimum atomic E-state index is -0.672. The first kappa shape index (κ1) is 14.8. The van der Waals surface area contributed by atoms with Crippen molar-refractivity contribution in [3.63, 3.8) is 0 Å². The van der Waals surface area contributed by atoms with Crippen LogP contribution in [0.1, 0.15) is 12.0 Å². The fourth-order valence-corrected chi connectivity index (χ4v) is 2.39. The molecule has 0 aliphatic carbocycles. The van der Waals surface area contributed by atoms with E-state index in [9.17, 15) is 9.59 Å². The van der Waals surface area contributed by atoms with E-state index in [0.29, 0.717) is 23.8 Å². The molecular formula is C14H17ClN2O3. The number of hydrogen-bond donors (Lipinski definition) is 2. The van der Waals surface area contributed by atoms with E-state index in [1.165, 1.54) is 4.90 Å². The minimum absolute atomic E-state index is 0.0405. The molecule has 2 rings (SSSR count). The SMILES string of the molecule is Cc1ccc(Cl)cc1NC(=O)C(=O)N1CCC(CO)C1. The summed E-state index contributed by atoms with van der Waals surface area (Å²) in [5.74, 6) is -1.17. The monoisotopic (exact) mass is 296 g/mol. The molecule has 0 aromatic heterocycles. The Bertz CT molecular complexity index is 533. The number of rotatable bonds is 2. The summed E-state index contributed by atoms with van der Waals surface area (Å²) in [6.45, 7) is 2.80. The molecule has 0 bridgehead atoms. The molecule has 20 heavy (non-hydrogen) atoms. The van der Waals surface area contributed by atoms with Crippen LogP contribution in [0.2, 0.25) is 5.02 Å². The maximum atomic E-state index is 12.0. The van der Waals surface area contributed by atoms with Crippen LogP contribution in [0.3, 0.4) is 0 Å². The molecule has 1 fully saturated rings. The molecule has 1 unspecified atom stereocenters. The van der Waals surface area contributed by atoms with Gasteiger partial charge < -0.3 is 15.3 Å². The highest BCUT2D eigenvalue weighted by atomic mass is 35.5. The van der Waals surface area contributed by atoms with Crippen LogP contribution in [0.25, 0.3) is 0 Å². The van der Waals surface area contributed by atoms with Gasteiger partial charge in [0.25, 0.3) is 0 Å². The predicted octanol–water partition coefficient (Wildman–Crippen LogP) is 1.43. The fourth-order valence-electron chi connectivity index (χ4n) is 2.21. The predicted molar refractivity (Wildman–Crippen MR) is 76.6 cm³/mol. The summed E-state index contributed by atoms with van der Waals surface area (Å²) in [5.41, 5.74) is 1.37. The number of halogens is 1. The molecular weight excluding hydrogens is 280 g/mol. The van der Waals surface area contributed by atoms with Gasteiger partial charge in [0.15, 0.2) is 0 Å². The number of aliphatic hydroxyl groups is 1. The molecule has 108 valence electrons. The Morgan fingerprint density at radius 1 is 1.50 bits per heavy atom. The lowest BCUT2D eigenvalue weighted by Gasteiger charge is -2.16. The van der Waals surface area contributed by atoms with Gasteiger partial charge in [-0.2, -0.15) is 0 Å². The van der Waals surface area contributed by atoms with E-state index in [0.717, 1.165) is 12.0 Å². The topological polar surface area (TPSA) is 69.6 Å². The van der Waals surface area contributed by atoms with Gasteiger partial charge in [0.05, 0.1) is 0 Å². The van der Waals surface area contributed by atoms with Gasteiger partial charge in [0.2, 0.25) is 0 Å². The van der Waals surface area contributed by atoms with Crippen molar-refractivity contribution in [3.05, 3.63) is 28.8 Å². The van der Waals surface area contributed by atoms with Gasteiger partial charge in [-0.3, -0.25) is 9.59 Å². The van der Waals surface area contributed by atoms with E-state index < -0.39 is 11.8 Å². The molecule has 5 nitrogen and oxygen atoms in total. The normalized spacial score (nSPS) is 18.1. The van der Waals surface area contributed by atoms with Gasteiger partial charge in [-0.05, 0) is 31.0 Å². The van der Waals surface area contributed by atoms with Crippen molar-refractivity contribution in [3.8, 4) is 0 Å². The van der Waals surface area contributed by atoms with Crippen LogP contribution in [0.5, 0.6) is 0 Å². The number of anilines is 1. The lowest BCUT2D eigenvalue weighted by atomic mass is 10.1. The van der Waals surface area contributed by atoms with Gasteiger partial charge >= 0.3 is 11.8 Å². The van der Waals surface area contributed by atoms with E-state index >= 15 is 0 Å². The van der Waals surface area contributed by atoms with Crippen molar-refractivity contribution in [1.82, 2.24) is 4.90 Å². The zero-order chi connectivity index (χ0) is 14.7. The van der Waals surface area contributed by atoms with E-state index in [2.05, 4.69) is 5.32 Å². The summed E-state index contributed by atoms with van der Waals surface area (Å²) in [5, 5.41) is 12.1. The average molecular weight is 297 g/mol. The second-order valence-electron chi connectivity index (χ2n) is 5.00. The lowest BCUT2D eigenvalue weighted by Crippen LogP contribution is -2.38. The Kier molecular flexibility index (Phi) is 4.62. The largest absolute Gasteiger partial charge is 0.396 e. The summed E-state index contributed by atoms with van der Waals surface area (Å²) in [7, 11) is 0. The number of nitrogens with one attached hydrogen (secondary N) is 1. The second kappa shape index (κ2) is 6.24. The molecule has 2 amide bonds. The van der Waals surface area contributed by atoms with Crippen molar-refractivity contribution < 1.29 is 14.7 Å². The number of aryl methyl sites for hydroxylation is 1. The number of aliphatic hydroxyl groups excluding tert-OH is 1. The maximum Gasteiger partial charge on any atom is 0.313 e. The highest BCUT2D eigenvalue weighted by Crippen LogP contribution is 2.21. The molecule has 0 spiro atoms. The van der Waals surface area contributed by atoms with Crippen LogP contribution in [-0.2, 0) is 9.59 Å². The van der Waals surface area contributed by atoms with Crippen LogP contribution < -0.4 is 5.32 Å². The highest BCUT2D eigenvalue weighted by molar-refractivity contribution is 6.40. The van der Waals surface area contributed by atoms with Gasteiger partial charge in [0, 0.05) is 36.3 Å². The summed E-state index contributed by atoms with van der Waals surface area (Å²) in [4.78, 5) is 25.4. The molecule has 1 atom stereocenters. The van der Waals surface area contributed by atoms with Gasteiger partial charge in [-0.25, -0.2) is 0 Å². The quantitative estimate of drug-likeness (QED) is 0.811. The number of likely N-dealkylation sites (tertiary alicyclic amines) is 1. The number of amides is 2. The van der Waals surface area contributed by atoms with Crippen LogP contribution >= 0.6 is 11.6 Å². The Hall–Kier alpha value is -1.59. The van der Waals surface area contributed by atoms with Crippen molar-refractivity contribution in [2.75, 3.05) is 25.0 Å². The first-order chi connectivity index (χ1) is 9.51. The molecule has 1 heterocycles. The lowest BCUT2D eigenvalue weighted by molar-refractivity contribution is -0.142. The Morgan fingerprint density at radius 3 is 2.90 bits per heavy atom. The average Bonchev–Trinajstić information content (AvgIpc) is 2.90. The first-order valence-electron chi connectivity index (χ1n) is 6.48. The standard InChI is InChI=1S/C14H17ClN2O3/c1-9-2-3-11(15)6-12(9)16-13(19)14(20)17-5-4-10(7-17)8-18/h2-3,6,10,18H,4-5,7-8H2,1H3,(H,16,19). The molecule has 6 heteroatoms. The molecule has 1 aliphatic heterocycles. The fraction of sp³-hybridized carbons (Fsp3) is 0.429. The molecule has 2 N–H and O–H groups in total. The summed E-state index contributed by atoms with van der Waals surface area (Å²) < 4.78 is 0. The Balaban J connectivity index is 2.01. The third-order valence-electron chi connectivity index (χ3n) is 3.47. The summed E-state index contributed by atoms with van der Waals surface area (Å²) in [6, 6.07) is 5.11. The molecule has 0 saturated carbocycles. The van der Waals surface area contributed by atoms with Crippen molar-refractivity contribution in [2.45, 2.75) is 13.3 Å². The molecule has 1 aliphatic rings. The maximum absolute atomic E-state index is 12.0. The summed E-state index contributed by atoms with van der Waals surface area (Å²) in [6.07, 6.45) is 0.728. The van der Waals surface area contributed by atoms with Gasteiger partial charge in [-0.15, -0.1) is 0 Å². The highest BCUT2D eigenvalue weighted by Gasteiger charge is 2.29. The Labute approximate surface area is 122 Å². The molecule has 1 aromatic carbocycles. The van der Waals surface area contributed by atoms with E-state index in [-0.39, 0.29) is 12.5 Å². The Morgan fingerprint density at radius 2 is 2.25 bits per heavy atom. The van der Waals surface area contributed by atoms with Gasteiger partial charge in [-0.1, -0.05) is 17.7 Å². The number of hydrogen-bond acceptors (Lipinski definition) is 3. The molecule has 1 aromatic rings. The second-order valence-corrected chi connectivity index (χ2v) is 5.44. The smallest absolute Gasteiger partial charge is 0.313 e. The van der Waals surface area contributed by atoms with Crippen LogP contribution in [-0.4, -0.2) is 41.5 Å². The van der Waals surface area contributed by atoms with E-state index in [1.807, 2.05) is 6.92 Å². The molecule has 1 saturated heterocycles. The summed E-state index contributed by atoms with van der Waals surface area (Å²) >= 11 is 5.87. The van der Waals surface area contributed by atoms with E-state index in [1.54, 1.807) is 18.2 Å². The van der Waals surface area contributed by atoms with Crippen LogP contribution in [0.15, 0.2) is 18.2 Å². The zero-order valence-corrected chi connectivity index (χ0v) is 12.0. The van der Waals surface area contributed by atoms with Crippen molar-refractivity contribution in [2.24, 2.45) is 5.92 Å². The van der Waals surface area contributed by atoms with Gasteiger partial charge in [0.1, 0.15) is 0 Å². The van der Waals surface area contributed by atoms with Crippen LogP contribution in [0.4, 0.5) is 5.69 Å². The first-order valence-corrected chi connectivity index (χ1v) is 6.86.